The zero-order valence-corrected chi connectivity index (χ0v) is 28.5. The van der Waals surface area contributed by atoms with Crippen LogP contribution >= 0.6 is 0 Å². The number of ether oxygens (including phenoxy) is 5. The minimum atomic E-state index is -1.41. The Hall–Kier alpha value is -5.50. The van der Waals surface area contributed by atoms with Crippen LogP contribution in [-0.2, 0) is 46.4 Å². The molecule has 18 nitrogen and oxygen atoms in total. The molecule has 2 aromatic rings. The summed E-state index contributed by atoms with van der Waals surface area (Å²) < 4.78 is 29.7. The summed E-state index contributed by atoms with van der Waals surface area (Å²) in [5, 5.41) is 11.4. The van der Waals surface area contributed by atoms with Crippen LogP contribution in [0, 0.1) is 0 Å². The van der Waals surface area contributed by atoms with Gasteiger partial charge >= 0.3 is 18.0 Å². The molecule has 9 unspecified atom stereocenters. The number of hydrogen-bond acceptors (Lipinski definition) is 11. The highest BCUT2D eigenvalue weighted by Gasteiger charge is 2.51. The van der Waals surface area contributed by atoms with Crippen molar-refractivity contribution in [2.75, 3.05) is 0 Å². The van der Waals surface area contributed by atoms with Gasteiger partial charge in [-0.25, -0.2) is 4.79 Å². The molecule has 1 heterocycles. The fourth-order valence-electron chi connectivity index (χ4n) is 6.45. The molecule has 270 valence electrons. The predicted molar refractivity (Wildman–Crippen MR) is 180 cm³/mol. The lowest BCUT2D eigenvalue weighted by atomic mass is 9.84. The number of azide groups is 3. The summed E-state index contributed by atoms with van der Waals surface area (Å²) >= 11 is 0. The summed E-state index contributed by atoms with van der Waals surface area (Å²) in [5.41, 5.74) is 29.7. The zero-order chi connectivity index (χ0) is 36.8. The molecule has 18 heteroatoms. The van der Waals surface area contributed by atoms with Crippen molar-refractivity contribution in [3.05, 3.63) is 103 Å². The minimum absolute atomic E-state index is 0.0535. The van der Waals surface area contributed by atoms with E-state index in [4.69, 9.17) is 23.7 Å². The van der Waals surface area contributed by atoms with Crippen LogP contribution in [0.5, 0.6) is 0 Å². The average molecular weight is 705 g/mol. The van der Waals surface area contributed by atoms with Gasteiger partial charge in [0, 0.05) is 35.1 Å². The van der Waals surface area contributed by atoms with Crippen LogP contribution < -0.4 is 0 Å². The standard InChI is InChI=1S/C33H40N10O8/c1-4-27(43(18-22-11-7-5-8-12-22)33(46)47-19-23-13-9-6-10-14-23)28-16-15-24(37-40-34)32(50-28)51-30-26(39-42-36)17-25(38-41-35)29(48-20(2)44)31(30)49-21(3)45/h5-14,24-32H,4,15-19H2,1-3H3. The van der Waals surface area contributed by atoms with Crippen LogP contribution in [0.1, 0.15) is 57.6 Å². The van der Waals surface area contributed by atoms with E-state index in [1.807, 2.05) is 67.6 Å². The van der Waals surface area contributed by atoms with Crippen molar-refractivity contribution in [2.24, 2.45) is 15.3 Å². The summed E-state index contributed by atoms with van der Waals surface area (Å²) in [7, 11) is 0. The molecule has 1 amide bonds. The Morgan fingerprint density at radius 2 is 1.35 bits per heavy atom. The molecule has 2 fully saturated rings. The average Bonchev–Trinajstić information content (AvgIpc) is 3.11. The predicted octanol–water partition coefficient (Wildman–Crippen LogP) is 6.80. The summed E-state index contributed by atoms with van der Waals surface area (Å²) in [6, 6.07) is 15.1. The highest BCUT2D eigenvalue weighted by atomic mass is 16.7. The molecule has 2 aliphatic rings. The first kappa shape index (κ1) is 38.3. The monoisotopic (exact) mass is 704 g/mol. The summed E-state index contributed by atoms with van der Waals surface area (Å²) in [6.45, 7) is 4.43. The van der Waals surface area contributed by atoms with Crippen molar-refractivity contribution < 1.29 is 38.1 Å². The van der Waals surface area contributed by atoms with Crippen LogP contribution in [0.15, 0.2) is 76.0 Å². The maximum Gasteiger partial charge on any atom is 0.410 e. The Kier molecular flexibility index (Phi) is 14.3. The number of amides is 1. The molecule has 0 bridgehead atoms. The molecule has 0 aromatic heterocycles. The number of hydrogen-bond donors (Lipinski definition) is 0. The second-order valence-electron chi connectivity index (χ2n) is 12.1. The molecule has 0 N–H and O–H groups in total. The van der Waals surface area contributed by atoms with E-state index in [2.05, 4.69) is 30.1 Å². The normalized spacial score (nSPS) is 26.1. The smallest absolute Gasteiger partial charge is 0.410 e. The van der Waals surface area contributed by atoms with Crippen LogP contribution in [0.3, 0.4) is 0 Å². The van der Waals surface area contributed by atoms with Gasteiger partial charge in [-0.2, -0.15) is 0 Å². The third-order valence-electron chi connectivity index (χ3n) is 8.64. The summed E-state index contributed by atoms with van der Waals surface area (Å²) in [4.78, 5) is 48.5. The Bertz CT molecular complexity index is 1630. The van der Waals surface area contributed by atoms with Crippen molar-refractivity contribution >= 4 is 18.0 Å². The van der Waals surface area contributed by atoms with E-state index in [1.54, 1.807) is 4.90 Å². The maximum atomic E-state index is 13.8. The van der Waals surface area contributed by atoms with Gasteiger partial charge < -0.3 is 23.7 Å². The summed E-state index contributed by atoms with van der Waals surface area (Å²) in [5.74, 6) is -1.53. The van der Waals surface area contributed by atoms with Gasteiger partial charge in [0.1, 0.15) is 18.8 Å². The number of benzene rings is 2. The van der Waals surface area contributed by atoms with Crippen molar-refractivity contribution in [1.29, 1.82) is 0 Å². The van der Waals surface area contributed by atoms with Crippen LogP contribution in [0.2, 0.25) is 0 Å². The molecule has 1 aliphatic heterocycles. The highest BCUT2D eigenvalue weighted by Crippen LogP contribution is 2.36. The fraction of sp³-hybridized carbons (Fsp3) is 0.545. The van der Waals surface area contributed by atoms with E-state index in [0.29, 0.717) is 12.8 Å². The molecule has 1 saturated carbocycles. The topological polar surface area (TPSA) is 247 Å². The number of carbonyl (C=O) groups excluding carboxylic acids is 3. The molecule has 1 aliphatic carbocycles. The Balaban J connectivity index is 1.67. The van der Waals surface area contributed by atoms with Gasteiger partial charge in [0.2, 0.25) is 0 Å². The molecule has 9 atom stereocenters. The molecule has 51 heavy (non-hydrogen) atoms. The Morgan fingerprint density at radius 1 is 0.804 bits per heavy atom. The molecule has 0 radical (unpaired) electrons. The zero-order valence-electron chi connectivity index (χ0n) is 28.5. The van der Waals surface area contributed by atoms with E-state index >= 15 is 0 Å². The minimum Gasteiger partial charge on any atom is -0.458 e. The molecule has 0 spiro atoms. The fourth-order valence-corrected chi connectivity index (χ4v) is 6.45. The SMILES string of the molecule is CCC(C1CCC(N=[N+]=[N-])C(OC2C(N=[N+]=[N-])CC(N=[N+]=[N-])C(OC(C)=O)C2OC(C)=O)O1)N(Cc1ccccc1)C(=O)OCc1ccccc1. The lowest BCUT2D eigenvalue weighted by Crippen LogP contribution is -2.61. The van der Waals surface area contributed by atoms with Gasteiger partial charge in [0.25, 0.3) is 0 Å². The second-order valence-corrected chi connectivity index (χ2v) is 12.1. The first-order valence-electron chi connectivity index (χ1n) is 16.5. The van der Waals surface area contributed by atoms with Crippen molar-refractivity contribution in [1.82, 2.24) is 4.90 Å². The number of rotatable bonds is 14. The van der Waals surface area contributed by atoms with E-state index in [1.165, 1.54) is 0 Å². The molecule has 4 rings (SSSR count). The molecular weight excluding hydrogens is 664 g/mol. The second kappa shape index (κ2) is 19.0. The number of nitrogens with zero attached hydrogens (tertiary/aromatic N) is 10. The van der Waals surface area contributed by atoms with Crippen LogP contribution in [-0.4, -0.2) is 77.8 Å². The molecule has 1 saturated heterocycles. The van der Waals surface area contributed by atoms with E-state index in [0.717, 1.165) is 25.0 Å². The summed E-state index contributed by atoms with van der Waals surface area (Å²) in [6.07, 6.45) is -5.57. The van der Waals surface area contributed by atoms with Gasteiger partial charge in [0.15, 0.2) is 12.4 Å². The van der Waals surface area contributed by atoms with E-state index in [9.17, 15) is 31.0 Å². The van der Waals surface area contributed by atoms with Crippen LogP contribution in [0.4, 0.5) is 4.79 Å². The number of esters is 2. The largest absolute Gasteiger partial charge is 0.458 e. The molecular formula is C33H40N10O8. The number of carbonyl (C=O) groups is 3. The first-order chi connectivity index (χ1) is 24.7. The maximum absolute atomic E-state index is 13.8. The van der Waals surface area contributed by atoms with E-state index < -0.39 is 72.9 Å². The van der Waals surface area contributed by atoms with Gasteiger partial charge in [-0.3, -0.25) is 14.5 Å². The quantitative estimate of drug-likeness (QED) is 0.0663. The highest BCUT2D eigenvalue weighted by molar-refractivity contribution is 5.68. The molecule has 2 aromatic carbocycles. The third-order valence-corrected chi connectivity index (χ3v) is 8.64. The third kappa shape index (κ3) is 10.5. The van der Waals surface area contributed by atoms with Crippen molar-refractivity contribution in [3.8, 4) is 0 Å². The Morgan fingerprint density at radius 3 is 1.92 bits per heavy atom. The van der Waals surface area contributed by atoms with Crippen molar-refractivity contribution in [2.45, 2.75) is 114 Å². The lowest BCUT2D eigenvalue weighted by molar-refractivity contribution is -0.264. The van der Waals surface area contributed by atoms with Gasteiger partial charge in [-0.15, -0.1) is 0 Å². The van der Waals surface area contributed by atoms with Gasteiger partial charge in [-0.05, 0) is 53.4 Å². The first-order valence-corrected chi connectivity index (χ1v) is 16.5. The Labute approximate surface area is 293 Å². The van der Waals surface area contributed by atoms with Crippen LogP contribution in [0.25, 0.3) is 31.3 Å². The lowest BCUT2D eigenvalue weighted by Gasteiger charge is -2.46. The van der Waals surface area contributed by atoms with Gasteiger partial charge in [-0.1, -0.05) is 82.9 Å². The van der Waals surface area contributed by atoms with Crippen molar-refractivity contribution in [3.63, 3.8) is 0 Å². The van der Waals surface area contributed by atoms with Gasteiger partial charge in [0.05, 0.1) is 30.3 Å². The van der Waals surface area contributed by atoms with E-state index in [-0.39, 0.29) is 26.0 Å².